The van der Waals surface area contributed by atoms with Crippen molar-refractivity contribution < 1.29 is 18.9 Å². The molecule has 0 radical (unpaired) electrons. The number of hydrogen-bond donors (Lipinski definition) is 1. The first kappa shape index (κ1) is 15.8. The molecule has 0 aromatic heterocycles. The lowest BCUT2D eigenvalue weighted by Crippen LogP contribution is -2.61. The van der Waals surface area contributed by atoms with Crippen LogP contribution in [0.1, 0.15) is 26.7 Å². The van der Waals surface area contributed by atoms with Crippen LogP contribution < -0.4 is 24.7 Å². The summed E-state index contributed by atoms with van der Waals surface area (Å²) in [6, 6.07) is 3.83. The third-order valence-corrected chi connectivity index (χ3v) is 4.73. The summed E-state index contributed by atoms with van der Waals surface area (Å²) in [7, 11) is 4.77. The van der Waals surface area contributed by atoms with Crippen molar-refractivity contribution in [3.05, 3.63) is 12.1 Å². The molecular formula is C16H25NO4. The van der Waals surface area contributed by atoms with E-state index < -0.39 is 0 Å². The highest BCUT2D eigenvalue weighted by molar-refractivity contribution is 5.56. The lowest BCUT2D eigenvalue weighted by atomic mass is 9.62. The molecule has 2 N–H and O–H groups in total. The molecule has 5 nitrogen and oxygen atoms in total. The summed E-state index contributed by atoms with van der Waals surface area (Å²) in [5, 5.41) is 0. The monoisotopic (exact) mass is 295 g/mol. The molecule has 0 bridgehead atoms. The number of benzene rings is 1. The summed E-state index contributed by atoms with van der Waals surface area (Å²) in [5.74, 6) is 2.46. The second kappa shape index (κ2) is 6.02. The summed E-state index contributed by atoms with van der Waals surface area (Å²) in [4.78, 5) is 0. The van der Waals surface area contributed by atoms with Crippen LogP contribution in [-0.4, -0.2) is 33.5 Å². The van der Waals surface area contributed by atoms with Gasteiger partial charge in [-0.15, -0.1) is 0 Å². The van der Waals surface area contributed by atoms with E-state index in [0.717, 1.165) is 12.8 Å². The largest absolute Gasteiger partial charge is 0.493 e. The quantitative estimate of drug-likeness (QED) is 0.874. The fraction of sp³-hybridized carbons (Fsp3) is 0.625. The summed E-state index contributed by atoms with van der Waals surface area (Å²) in [6.07, 6.45) is 1.96. The molecule has 3 atom stereocenters. The van der Waals surface area contributed by atoms with Crippen LogP contribution in [0.3, 0.4) is 0 Å². The van der Waals surface area contributed by atoms with Crippen molar-refractivity contribution >= 4 is 0 Å². The van der Waals surface area contributed by atoms with E-state index in [1.165, 1.54) is 0 Å². The minimum absolute atomic E-state index is 0.0143. The summed E-state index contributed by atoms with van der Waals surface area (Å²) in [5.41, 5.74) is 6.13. The predicted octanol–water partition coefficient (Wildman–Crippen LogP) is 2.61. The highest BCUT2D eigenvalue weighted by Gasteiger charge is 2.50. The van der Waals surface area contributed by atoms with E-state index in [9.17, 15) is 0 Å². The molecule has 0 heterocycles. The molecule has 0 amide bonds. The van der Waals surface area contributed by atoms with Gasteiger partial charge in [0.25, 0.3) is 0 Å². The molecule has 0 aliphatic heterocycles. The maximum atomic E-state index is 6.12. The van der Waals surface area contributed by atoms with Gasteiger partial charge in [0, 0.05) is 30.0 Å². The standard InChI is InChI=1S/C16H25NO4/c1-6-16(2)13(17)9-14(16)21-10-7-11(18-3)15(20-5)12(8-10)19-4/h7-8,13-14H,6,9,17H2,1-5H3. The molecule has 0 saturated heterocycles. The Morgan fingerprint density at radius 1 is 1.14 bits per heavy atom. The molecule has 1 fully saturated rings. The third-order valence-electron chi connectivity index (χ3n) is 4.73. The fourth-order valence-electron chi connectivity index (χ4n) is 2.81. The lowest BCUT2D eigenvalue weighted by molar-refractivity contribution is -0.0561. The van der Waals surface area contributed by atoms with E-state index in [1.54, 1.807) is 21.3 Å². The van der Waals surface area contributed by atoms with Gasteiger partial charge >= 0.3 is 0 Å². The Balaban J connectivity index is 2.25. The zero-order valence-electron chi connectivity index (χ0n) is 13.4. The molecule has 3 unspecified atom stereocenters. The molecule has 5 heteroatoms. The van der Waals surface area contributed by atoms with Crippen LogP contribution in [0.15, 0.2) is 12.1 Å². The molecule has 1 aliphatic carbocycles. The van der Waals surface area contributed by atoms with E-state index in [2.05, 4.69) is 13.8 Å². The highest BCUT2D eigenvalue weighted by atomic mass is 16.5. The lowest BCUT2D eigenvalue weighted by Gasteiger charge is -2.51. The molecule has 0 spiro atoms. The Morgan fingerprint density at radius 2 is 1.71 bits per heavy atom. The Morgan fingerprint density at radius 3 is 2.10 bits per heavy atom. The molecule has 1 aliphatic rings. The summed E-state index contributed by atoms with van der Waals surface area (Å²) in [6.45, 7) is 4.31. The average molecular weight is 295 g/mol. The van der Waals surface area contributed by atoms with Gasteiger partial charge in [0.2, 0.25) is 5.75 Å². The van der Waals surface area contributed by atoms with Crippen molar-refractivity contribution in [1.29, 1.82) is 0 Å². The molecule has 118 valence electrons. The number of nitrogens with two attached hydrogens (primary N) is 1. The molecule has 1 aromatic rings. The van der Waals surface area contributed by atoms with Gasteiger partial charge in [0.05, 0.1) is 21.3 Å². The minimum Gasteiger partial charge on any atom is -0.493 e. The Bertz CT molecular complexity index is 480. The van der Waals surface area contributed by atoms with Crippen LogP contribution in [-0.2, 0) is 0 Å². The van der Waals surface area contributed by atoms with Gasteiger partial charge in [0.15, 0.2) is 11.5 Å². The first-order valence-corrected chi connectivity index (χ1v) is 7.22. The van der Waals surface area contributed by atoms with E-state index in [0.29, 0.717) is 23.0 Å². The summed E-state index contributed by atoms with van der Waals surface area (Å²) >= 11 is 0. The summed E-state index contributed by atoms with van der Waals surface area (Å²) < 4.78 is 22.1. The molecule has 21 heavy (non-hydrogen) atoms. The molecule has 1 saturated carbocycles. The number of ether oxygens (including phenoxy) is 4. The van der Waals surface area contributed by atoms with E-state index >= 15 is 0 Å². The second-order valence-corrected chi connectivity index (χ2v) is 5.67. The normalized spacial score (nSPS) is 27.7. The fourth-order valence-corrected chi connectivity index (χ4v) is 2.81. The van der Waals surface area contributed by atoms with Crippen molar-refractivity contribution in [2.75, 3.05) is 21.3 Å². The molecular weight excluding hydrogens is 270 g/mol. The Kier molecular flexibility index (Phi) is 4.52. The van der Waals surface area contributed by atoms with Crippen LogP contribution in [0, 0.1) is 5.41 Å². The van der Waals surface area contributed by atoms with Gasteiger partial charge in [-0.2, -0.15) is 0 Å². The zero-order chi connectivity index (χ0) is 15.6. The second-order valence-electron chi connectivity index (χ2n) is 5.67. The Labute approximate surface area is 126 Å². The topological polar surface area (TPSA) is 62.9 Å². The average Bonchev–Trinajstić information content (AvgIpc) is 2.52. The van der Waals surface area contributed by atoms with Crippen molar-refractivity contribution in [3.63, 3.8) is 0 Å². The van der Waals surface area contributed by atoms with Crippen molar-refractivity contribution in [2.45, 2.75) is 38.8 Å². The van der Waals surface area contributed by atoms with Crippen LogP contribution in [0.4, 0.5) is 0 Å². The smallest absolute Gasteiger partial charge is 0.203 e. The number of hydrogen-bond acceptors (Lipinski definition) is 5. The van der Waals surface area contributed by atoms with E-state index in [-0.39, 0.29) is 17.6 Å². The minimum atomic E-state index is 0.0143. The van der Waals surface area contributed by atoms with Crippen molar-refractivity contribution in [2.24, 2.45) is 11.1 Å². The van der Waals surface area contributed by atoms with Gasteiger partial charge in [-0.3, -0.25) is 0 Å². The molecule has 1 aromatic carbocycles. The van der Waals surface area contributed by atoms with Crippen molar-refractivity contribution in [1.82, 2.24) is 0 Å². The SMILES string of the molecule is CCC1(C)C(N)CC1Oc1cc(OC)c(OC)c(OC)c1. The first-order valence-electron chi connectivity index (χ1n) is 7.22. The Hall–Kier alpha value is -1.62. The van der Waals surface area contributed by atoms with Gasteiger partial charge in [-0.1, -0.05) is 13.8 Å². The van der Waals surface area contributed by atoms with Crippen molar-refractivity contribution in [3.8, 4) is 23.0 Å². The first-order chi connectivity index (χ1) is 9.99. The van der Waals surface area contributed by atoms with E-state index in [1.807, 2.05) is 12.1 Å². The highest BCUT2D eigenvalue weighted by Crippen LogP contribution is 2.47. The van der Waals surface area contributed by atoms with Gasteiger partial charge < -0.3 is 24.7 Å². The number of rotatable bonds is 6. The van der Waals surface area contributed by atoms with Gasteiger partial charge in [-0.05, 0) is 6.42 Å². The number of methoxy groups -OCH3 is 3. The van der Waals surface area contributed by atoms with Crippen LogP contribution >= 0.6 is 0 Å². The maximum absolute atomic E-state index is 6.12. The van der Waals surface area contributed by atoms with Crippen LogP contribution in [0.25, 0.3) is 0 Å². The van der Waals surface area contributed by atoms with Gasteiger partial charge in [-0.25, -0.2) is 0 Å². The van der Waals surface area contributed by atoms with Gasteiger partial charge in [0.1, 0.15) is 11.9 Å². The zero-order valence-corrected chi connectivity index (χ0v) is 13.4. The molecule has 2 rings (SSSR count). The van der Waals surface area contributed by atoms with Crippen LogP contribution in [0.5, 0.6) is 23.0 Å². The van der Waals surface area contributed by atoms with E-state index in [4.69, 9.17) is 24.7 Å². The van der Waals surface area contributed by atoms with Crippen LogP contribution in [0.2, 0.25) is 0 Å². The third kappa shape index (κ3) is 2.62. The maximum Gasteiger partial charge on any atom is 0.203 e. The predicted molar refractivity (Wildman–Crippen MR) is 81.5 cm³/mol.